The molecule has 0 heterocycles. The van der Waals surface area contributed by atoms with Gasteiger partial charge in [-0.25, -0.2) is 0 Å². The highest BCUT2D eigenvalue weighted by Crippen LogP contribution is 2.03. The fourth-order valence-corrected chi connectivity index (χ4v) is 0.903. The van der Waals surface area contributed by atoms with Gasteiger partial charge in [0, 0.05) is 0 Å². The van der Waals surface area contributed by atoms with Crippen molar-refractivity contribution in [2.75, 3.05) is 0 Å². The molecule has 0 spiro atoms. The first-order valence-corrected chi connectivity index (χ1v) is 4.82. The van der Waals surface area contributed by atoms with Crippen LogP contribution in [-0.2, 0) is 14.4 Å². The average molecular weight is 218 g/mol. The minimum absolute atomic E-state index is 0.0408. The summed E-state index contributed by atoms with van der Waals surface area (Å²) in [6.07, 6.45) is 10.1. The number of hydrogen-bond acceptors (Lipinski definition) is 3. The third-order valence-corrected chi connectivity index (χ3v) is 1.71. The van der Waals surface area contributed by atoms with Crippen LogP contribution in [0, 0.1) is 0 Å². The van der Waals surface area contributed by atoms with Crippen molar-refractivity contribution < 1.29 is 14.4 Å². The Hall–Kier alpha value is -2.03. The van der Waals surface area contributed by atoms with E-state index in [1.54, 1.807) is 38.2 Å². The van der Waals surface area contributed by atoms with Gasteiger partial charge in [-0.05, 0) is 26.0 Å². The van der Waals surface area contributed by atoms with E-state index in [0.29, 0.717) is 12.6 Å². The zero-order chi connectivity index (χ0) is 12.4. The van der Waals surface area contributed by atoms with Gasteiger partial charge in [0.25, 0.3) is 0 Å². The molecular weight excluding hydrogens is 204 g/mol. The second kappa shape index (κ2) is 8.29. The maximum absolute atomic E-state index is 11.7. The number of ketones is 1. The summed E-state index contributed by atoms with van der Waals surface area (Å²) in [6.45, 7) is 3.53. The van der Waals surface area contributed by atoms with E-state index in [1.165, 1.54) is 12.2 Å². The Morgan fingerprint density at radius 2 is 1.19 bits per heavy atom. The fourth-order valence-electron chi connectivity index (χ4n) is 0.903. The molecular formula is C13H14O3. The molecule has 0 saturated heterocycles. The largest absolute Gasteiger partial charge is 0.298 e. The fraction of sp³-hybridized carbons (Fsp3) is 0.154. The molecule has 0 fully saturated rings. The predicted octanol–water partition coefficient (Wildman–Crippen LogP) is 1.96. The second-order valence-electron chi connectivity index (χ2n) is 2.86. The zero-order valence-electron chi connectivity index (χ0n) is 9.34. The van der Waals surface area contributed by atoms with Crippen LogP contribution in [0.2, 0.25) is 0 Å². The van der Waals surface area contributed by atoms with Gasteiger partial charge in [0.15, 0.2) is 18.4 Å². The second-order valence-corrected chi connectivity index (χ2v) is 2.86. The van der Waals surface area contributed by atoms with Gasteiger partial charge in [0.2, 0.25) is 0 Å². The van der Waals surface area contributed by atoms with E-state index in [-0.39, 0.29) is 11.1 Å². The molecule has 0 aromatic carbocycles. The lowest BCUT2D eigenvalue weighted by atomic mass is 10.0. The minimum atomic E-state index is -0.568. The van der Waals surface area contributed by atoms with Crippen LogP contribution in [0.4, 0.5) is 0 Å². The lowest BCUT2D eigenvalue weighted by molar-refractivity contribution is -0.116. The SMILES string of the molecule is C/C=C/C=C(/C=O)C(=O)/C(C=O)=C\C=C\C. The molecule has 16 heavy (non-hydrogen) atoms. The first kappa shape index (κ1) is 14.0. The first-order chi connectivity index (χ1) is 7.71. The van der Waals surface area contributed by atoms with Crippen molar-refractivity contribution in [1.82, 2.24) is 0 Å². The van der Waals surface area contributed by atoms with Gasteiger partial charge < -0.3 is 0 Å². The van der Waals surface area contributed by atoms with Gasteiger partial charge in [0.05, 0.1) is 11.1 Å². The molecule has 3 nitrogen and oxygen atoms in total. The minimum Gasteiger partial charge on any atom is -0.298 e. The summed E-state index contributed by atoms with van der Waals surface area (Å²) >= 11 is 0. The molecule has 0 aliphatic heterocycles. The smallest absolute Gasteiger partial charge is 0.199 e. The maximum atomic E-state index is 11.7. The third-order valence-electron chi connectivity index (χ3n) is 1.71. The van der Waals surface area contributed by atoms with Crippen LogP contribution in [0.15, 0.2) is 47.6 Å². The van der Waals surface area contributed by atoms with Gasteiger partial charge in [-0.3, -0.25) is 14.4 Å². The van der Waals surface area contributed by atoms with Crippen molar-refractivity contribution in [2.45, 2.75) is 13.8 Å². The van der Waals surface area contributed by atoms with Gasteiger partial charge in [0.1, 0.15) is 0 Å². The number of carbonyl (C=O) groups is 3. The number of allylic oxidation sites excluding steroid dienone is 8. The standard InChI is InChI=1S/C13H14O3/c1-3-5-7-11(9-14)13(16)12(10-15)8-6-4-2/h3-10H,1-2H3/b5-3+,6-4+,11-7-,12-8-. The lowest BCUT2D eigenvalue weighted by Gasteiger charge is -1.96. The van der Waals surface area contributed by atoms with Crippen LogP contribution in [0.25, 0.3) is 0 Å². The Morgan fingerprint density at radius 3 is 1.44 bits per heavy atom. The molecule has 0 unspecified atom stereocenters. The summed E-state index contributed by atoms with van der Waals surface area (Å²) in [6, 6.07) is 0. The van der Waals surface area contributed by atoms with Crippen molar-refractivity contribution in [3.63, 3.8) is 0 Å². The van der Waals surface area contributed by atoms with Crippen LogP contribution in [-0.4, -0.2) is 18.4 Å². The summed E-state index contributed by atoms with van der Waals surface area (Å²) in [4.78, 5) is 33.0. The highest BCUT2D eigenvalue weighted by Gasteiger charge is 2.12. The van der Waals surface area contributed by atoms with E-state index >= 15 is 0 Å². The molecule has 0 saturated carbocycles. The Balaban J connectivity index is 5.13. The van der Waals surface area contributed by atoms with Crippen LogP contribution < -0.4 is 0 Å². The Labute approximate surface area is 94.8 Å². The van der Waals surface area contributed by atoms with Gasteiger partial charge in [-0.2, -0.15) is 0 Å². The summed E-state index contributed by atoms with van der Waals surface area (Å²) < 4.78 is 0. The van der Waals surface area contributed by atoms with Crippen molar-refractivity contribution >= 4 is 18.4 Å². The third kappa shape index (κ3) is 4.46. The molecule has 0 radical (unpaired) electrons. The zero-order valence-corrected chi connectivity index (χ0v) is 9.34. The summed E-state index contributed by atoms with van der Waals surface area (Å²) in [5, 5.41) is 0. The van der Waals surface area contributed by atoms with Crippen molar-refractivity contribution in [3.8, 4) is 0 Å². The molecule has 0 amide bonds. The Bertz CT molecular complexity index is 346. The highest BCUT2D eigenvalue weighted by molar-refractivity contribution is 6.27. The highest BCUT2D eigenvalue weighted by atomic mass is 16.1. The van der Waals surface area contributed by atoms with Crippen molar-refractivity contribution in [2.24, 2.45) is 0 Å². The number of rotatable bonds is 6. The van der Waals surface area contributed by atoms with Gasteiger partial charge in [-0.15, -0.1) is 0 Å². The van der Waals surface area contributed by atoms with Gasteiger partial charge >= 0.3 is 0 Å². The Morgan fingerprint density at radius 1 is 0.812 bits per heavy atom. The average Bonchev–Trinajstić information content (AvgIpc) is 2.31. The van der Waals surface area contributed by atoms with Crippen molar-refractivity contribution in [1.29, 1.82) is 0 Å². The van der Waals surface area contributed by atoms with Crippen LogP contribution in [0.1, 0.15) is 13.8 Å². The molecule has 0 aromatic heterocycles. The molecule has 0 aliphatic carbocycles. The monoisotopic (exact) mass is 218 g/mol. The topological polar surface area (TPSA) is 51.2 Å². The lowest BCUT2D eigenvalue weighted by Crippen LogP contribution is -2.08. The number of hydrogen-bond donors (Lipinski definition) is 0. The van der Waals surface area contributed by atoms with Crippen LogP contribution >= 0.6 is 0 Å². The number of Topliss-reactive ketones (excluding diaryl/α,β-unsaturated/α-hetero) is 1. The molecule has 3 heteroatoms. The van der Waals surface area contributed by atoms with Crippen LogP contribution in [0.3, 0.4) is 0 Å². The molecule has 0 aliphatic rings. The van der Waals surface area contributed by atoms with Gasteiger partial charge in [-0.1, -0.05) is 24.3 Å². The molecule has 0 atom stereocenters. The number of carbonyl (C=O) groups excluding carboxylic acids is 3. The quantitative estimate of drug-likeness (QED) is 0.225. The van der Waals surface area contributed by atoms with E-state index in [1.807, 2.05) is 0 Å². The normalized spacial score (nSPS) is 13.4. The van der Waals surface area contributed by atoms with E-state index in [2.05, 4.69) is 0 Å². The first-order valence-electron chi connectivity index (χ1n) is 4.82. The van der Waals surface area contributed by atoms with E-state index in [4.69, 9.17) is 0 Å². The van der Waals surface area contributed by atoms with E-state index in [0.717, 1.165) is 0 Å². The molecule has 0 N–H and O–H groups in total. The molecule has 84 valence electrons. The Kier molecular flexibility index (Phi) is 7.24. The summed E-state index contributed by atoms with van der Waals surface area (Å²) in [7, 11) is 0. The predicted molar refractivity (Wildman–Crippen MR) is 62.9 cm³/mol. The molecule has 0 aromatic rings. The van der Waals surface area contributed by atoms with Crippen molar-refractivity contribution in [3.05, 3.63) is 47.6 Å². The van der Waals surface area contributed by atoms with Crippen LogP contribution in [0.5, 0.6) is 0 Å². The van der Waals surface area contributed by atoms with E-state index in [9.17, 15) is 14.4 Å². The summed E-state index contributed by atoms with van der Waals surface area (Å²) in [5.74, 6) is -0.568. The molecule has 0 bridgehead atoms. The maximum Gasteiger partial charge on any atom is 0.199 e. The number of aldehydes is 2. The molecule has 0 rings (SSSR count). The van der Waals surface area contributed by atoms with E-state index < -0.39 is 5.78 Å². The summed E-state index contributed by atoms with van der Waals surface area (Å²) in [5.41, 5.74) is -0.0816.